The van der Waals surface area contributed by atoms with Crippen LogP contribution in [0.5, 0.6) is 0 Å². The van der Waals surface area contributed by atoms with Crippen LogP contribution < -0.4 is 0 Å². The third kappa shape index (κ3) is 2.84. The Kier molecular flexibility index (Phi) is 2.76. The van der Waals surface area contributed by atoms with Crippen molar-refractivity contribution in [3.8, 4) is 0 Å². The van der Waals surface area contributed by atoms with Gasteiger partial charge in [-0.05, 0) is 26.8 Å². The van der Waals surface area contributed by atoms with E-state index in [0.717, 1.165) is 0 Å². The lowest BCUT2D eigenvalue weighted by Gasteiger charge is -2.19. The molecule has 3 heteroatoms. The minimum atomic E-state index is -0.471. The van der Waals surface area contributed by atoms with Crippen LogP contribution >= 0.6 is 0 Å². The fourth-order valence-electron chi connectivity index (χ4n) is 1.05. The molecule has 0 unspecified atom stereocenters. The molecule has 0 aromatic carbocycles. The van der Waals surface area contributed by atoms with Crippen LogP contribution in [0.25, 0.3) is 0 Å². The van der Waals surface area contributed by atoms with Gasteiger partial charge in [0.1, 0.15) is 6.10 Å². The van der Waals surface area contributed by atoms with Gasteiger partial charge in [-0.15, -0.1) is 0 Å². The molecule has 1 aliphatic carbocycles. The molecule has 0 saturated heterocycles. The Hall–Kier alpha value is -0.830. The van der Waals surface area contributed by atoms with Crippen LogP contribution in [-0.4, -0.2) is 23.3 Å². The number of hydrogen-bond acceptors (Lipinski definition) is 3. The number of esters is 1. The summed E-state index contributed by atoms with van der Waals surface area (Å²) in [6, 6.07) is 0. The summed E-state index contributed by atoms with van der Waals surface area (Å²) >= 11 is 0. The van der Waals surface area contributed by atoms with E-state index in [4.69, 9.17) is 9.84 Å². The Morgan fingerprint density at radius 3 is 2.46 bits per heavy atom. The first-order chi connectivity index (χ1) is 5.89. The fraction of sp³-hybridized carbons (Fsp3) is 0.700. The predicted octanol–water partition coefficient (Wildman–Crippen LogP) is 1.27. The number of ether oxygens (including phenoxy) is 1. The lowest BCUT2D eigenvalue weighted by molar-refractivity contribution is -0.156. The van der Waals surface area contributed by atoms with Crippen LogP contribution in [0.15, 0.2) is 12.2 Å². The normalized spacial score (nSPS) is 27.7. The van der Waals surface area contributed by atoms with E-state index in [9.17, 15) is 4.79 Å². The van der Waals surface area contributed by atoms with Crippen molar-refractivity contribution in [3.05, 3.63) is 12.2 Å². The van der Waals surface area contributed by atoms with E-state index in [2.05, 4.69) is 0 Å². The summed E-state index contributed by atoms with van der Waals surface area (Å²) in [5.74, 6) is -0.226. The number of hydrogen-bond donors (Lipinski definition) is 1. The standard InChI is InChI=1S/C10H16O3/c1-10(2,3)9(12)13-8-5-4-7(11)6-8/h4-5,7-8,11H,6H2,1-3H3/t7-,8+/m1/s1. The first-order valence-corrected chi connectivity index (χ1v) is 4.47. The van der Waals surface area contributed by atoms with E-state index >= 15 is 0 Å². The molecule has 0 radical (unpaired) electrons. The predicted molar refractivity (Wildman–Crippen MR) is 49.1 cm³/mol. The number of rotatable bonds is 1. The average Bonchev–Trinajstić information content (AvgIpc) is 2.33. The van der Waals surface area contributed by atoms with Crippen molar-refractivity contribution >= 4 is 5.97 Å². The monoisotopic (exact) mass is 184 g/mol. The molecule has 0 aromatic rings. The number of carbonyl (C=O) groups is 1. The summed E-state index contributed by atoms with van der Waals surface area (Å²) in [6.07, 6.45) is 3.16. The Morgan fingerprint density at radius 2 is 2.08 bits per heavy atom. The lowest BCUT2D eigenvalue weighted by atomic mass is 9.97. The molecule has 0 heterocycles. The van der Waals surface area contributed by atoms with Crippen molar-refractivity contribution in [1.29, 1.82) is 0 Å². The third-order valence-corrected chi connectivity index (χ3v) is 1.89. The topological polar surface area (TPSA) is 46.5 Å². The van der Waals surface area contributed by atoms with Gasteiger partial charge in [0.05, 0.1) is 11.5 Å². The van der Waals surface area contributed by atoms with E-state index in [0.29, 0.717) is 6.42 Å². The molecule has 1 N–H and O–H groups in total. The first-order valence-electron chi connectivity index (χ1n) is 4.47. The molecule has 0 bridgehead atoms. The highest BCUT2D eigenvalue weighted by atomic mass is 16.5. The van der Waals surface area contributed by atoms with Crippen molar-refractivity contribution in [1.82, 2.24) is 0 Å². The van der Waals surface area contributed by atoms with Crippen LogP contribution in [0.1, 0.15) is 27.2 Å². The molecule has 74 valence electrons. The zero-order chi connectivity index (χ0) is 10.1. The highest BCUT2D eigenvalue weighted by Crippen LogP contribution is 2.20. The minimum absolute atomic E-state index is 0.226. The van der Waals surface area contributed by atoms with Gasteiger partial charge < -0.3 is 9.84 Å². The molecular formula is C10H16O3. The second kappa shape index (κ2) is 3.50. The Labute approximate surface area is 78.4 Å². The molecule has 2 atom stereocenters. The van der Waals surface area contributed by atoms with Crippen molar-refractivity contribution in [3.63, 3.8) is 0 Å². The molecule has 0 fully saturated rings. The lowest BCUT2D eigenvalue weighted by Crippen LogP contribution is -2.27. The van der Waals surface area contributed by atoms with Gasteiger partial charge in [0.15, 0.2) is 0 Å². The maximum Gasteiger partial charge on any atom is 0.311 e. The SMILES string of the molecule is CC(C)(C)C(=O)O[C@H]1C=C[C@@H](O)C1. The second-order valence-corrected chi connectivity index (χ2v) is 4.38. The van der Waals surface area contributed by atoms with Gasteiger partial charge >= 0.3 is 5.97 Å². The maximum atomic E-state index is 11.4. The highest BCUT2D eigenvalue weighted by Gasteiger charge is 2.27. The summed E-state index contributed by atoms with van der Waals surface area (Å²) in [7, 11) is 0. The summed E-state index contributed by atoms with van der Waals surface area (Å²) in [5, 5.41) is 9.14. The summed E-state index contributed by atoms with van der Waals surface area (Å²) in [4.78, 5) is 11.4. The zero-order valence-corrected chi connectivity index (χ0v) is 8.28. The van der Waals surface area contributed by atoms with E-state index in [1.54, 1.807) is 12.2 Å². The van der Waals surface area contributed by atoms with Gasteiger partial charge in [0, 0.05) is 6.42 Å². The van der Waals surface area contributed by atoms with Gasteiger partial charge in [-0.25, -0.2) is 0 Å². The van der Waals surface area contributed by atoms with Gasteiger partial charge in [0.25, 0.3) is 0 Å². The largest absolute Gasteiger partial charge is 0.458 e. The van der Waals surface area contributed by atoms with E-state index < -0.39 is 11.5 Å². The molecule has 1 aliphatic rings. The quantitative estimate of drug-likeness (QED) is 0.493. The molecule has 0 amide bonds. The molecular weight excluding hydrogens is 168 g/mol. The van der Waals surface area contributed by atoms with E-state index in [-0.39, 0.29) is 12.1 Å². The summed E-state index contributed by atoms with van der Waals surface area (Å²) < 4.78 is 5.16. The molecule has 0 saturated carbocycles. The zero-order valence-electron chi connectivity index (χ0n) is 8.28. The fourth-order valence-corrected chi connectivity index (χ4v) is 1.05. The molecule has 13 heavy (non-hydrogen) atoms. The first kappa shape index (κ1) is 10.3. The molecule has 0 aliphatic heterocycles. The molecule has 1 rings (SSSR count). The Balaban J connectivity index is 2.43. The molecule has 3 nitrogen and oxygen atoms in total. The number of aliphatic hydroxyl groups excluding tert-OH is 1. The minimum Gasteiger partial charge on any atom is -0.458 e. The van der Waals surface area contributed by atoms with Crippen LogP contribution in [0, 0.1) is 5.41 Å². The van der Waals surface area contributed by atoms with Crippen LogP contribution in [0.4, 0.5) is 0 Å². The van der Waals surface area contributed by atoms with Crippen LogP contribution in [-0.2, 0) is 9.53 Å². The Bertz CT molecular complexity index is 225. The smallest absolute Gasteiger partial charge is 0.311 e. The van der Waals surface area contributed by atoms with Crippen molar-refractivity contribution in [2.75, 3.05) is 0 Å². The summed E-state index contributed by atoms with van der Waals surface area (Å²) in [6.45, 7) is 5.43. The van der Waals surface area contributed by atoms with Crippen molar-refractivity contribution in [2.24, 2.45) is 5.41 Å². The maximum absolute atomic E-state index is 11.4. The highest BCUT2D eigenvalue weighted by molar-refractivity contribution is 5.75. The van der Waals surface area contributed by atoms with Crippen molar-refractivity contribution in [2.45, 2.75) is 39.4 Å². The van der Waals surface area contributed by atoms with Gasteiger partial charge in [0.2, 0.25) is 0 Å². The van der Waals surface area contributed by atoms with Gasteiger partial charge in [-0.1, -0.05) is 6.08 Å². The third-order valence-electron chi connectivity index (χ3n) is 1.89. The van der Waals surface area contributed by atoms with Crippen LogP contribution in [0.2, 0.25) is 0 Å². The van der Waals surface area contributed by atoms with Crippen LogP contribution in [0.3, 0.4) is 0 Å². The van der Waals surface area contributed by atoms with Gasteiger partial charge in [-0.2, -0.15) is 0 Å². The number of aliphatic hydroxyl groups is 1. The number of carbonyl (C=O) groups excluding carboxylic acids is 1. The van der Waals surface area contributed by atoms with Gasteiger partial charge in [-0.3, -0.25) is 4.79 Å². The Morgan fingerprint density at radius 1 is 1.46 bits per heavy atom. The summed E-state index contributed by atoms with van der Waals surface area (Å²) in [5.41, 5.74) is -0.471. The second-order valence-electron chi connectivity index (χ2n) is 4.38. The van der Waals surface area contributed by atoms with Crippen molar-refractivity contribution < 1.29 is 14.6 Å². The van der Waals surface area contributed by atoms with E-state index in [1.165, 1.54) is 0 Å². The average molecular weight is 184 g/mol. The molecule has 0 aromatic heterocycles. The van der Waals surface area contributed by atoms with E-state index in [1.807, 2.05) is 20.8 Å². The molecule has 0 spiro atoms.